The molecule has 0 aliphatic carbocycles. The fourth-order valence-corrected chi connectivity index (χ4v) is 4.42. The summed E-state index contributed by atoms with van der Waals surface area (Å²) < 4.78 is 2.56. The van der Waals surface area contributed by atoms with Crippen LogP contribution in [-0.4, -0.2) is 23.4 Å². The van der Waals surface area contributed by atoms with Crippen molar-refractivity contribution in [2.75, 3.05) is 18.8 Å². The van der Waals surface area contributed by atoms with Crippen molar-refractivity contribution >= 4 is 22.7 Å². The third-order valence-corrected chi connectivity index (χ3v) is 5.60. The van der Waals surface area contributed by atoms with Crippen LogP contribution >= 0.6 is 11.8 Å². The van der Waals surface area contributed by atoms with E-state index in [1.807, 2.05) is 11.8 Å². The van der Waals surface area contributed by atoms with E-state index in [4.69, 9.17) is 0 Å². The van der Waals surface area contributed by atoms with E-state index in [1.165, 1.54) is 15.8 Å². The first-order valence-electron chi connectivity index (χ1n) is 8.41. The number of para-hydroxylation sites is 1. The SMILES string of the molecule is c1ccc(SCCn2c3c(c4ccccc42)CCNCC3)cc1. The van der Waals surface area contributed by atoms with Crippen LogP contribution in [0, 0.1) is 0 Å². The molecule has 4 rings (SSSR count). The zero-order valence-electron chi connectivity index (χ0n) is 13.3. The lowest BCUT2D eigenvalue weighted by Gasteiger charge is -2.11. The minimum Gasteiger partial charge on any atom is -0.343 e. The summed E-state index contributed by atoms with van der Waals surface area (Å²) in [6.07, 6.45) is 2.29. The number of benzene rings is 2. The standard InChI is InChI=1S/C20H22N2S/c1-2-6-16(7-3-1)23-15-14-22-19-9-5-4-8-17(19)18-10-12-21-13-11-20(18)22/h1-9,21H,10-15H2. The zero-order valence-corrected chi connectivity index (χ0v) is 14.1. The zero-order chi connectivity index (χ0) is 15.5. The molecule has 1 aromatic heterocycles. The van der Waals surface area contributed by atoms with Crippen molar-refractivity contribution in [2.45, 2.75) is 24.3 Å². The Morgan fingerprint density at radius 3 is 2.61 bits per heavy atom. The van der Waals surface area contributed by atoms with E-state index in [0.29, 0.717) is 0 Å². The van der Waals surface area contributed by atoms with Gasteiger partial charge in [0.15, 0.2) is 0 Å². The van der Waals surface area contributed by atoms with E-state index in [0.717, 1.165) is 38.2 Å². The second kappa shape index (κ2) is 6.81. The van der Waals surface area contributed by atoms with E-state index in [-0.39, 0.29) is 0 Å². The summed E-state index contributed by atoms with van der Waals surface area (Å²) in [5.41, 5.74) is 4.52. The summed E-state index contributed by atoms with van der Waals surface area (Å²) >= 11 is 1.95. The van der Waals surface area contributed by atoms with Gasteiger partial charge in [-0.15, -0.1) is 11.8 Å². The lowest BCUT2D eigenvalue weighted by molar-refractivity contribution is 0.685. The Hall–Kier alpha value is -1.71. The van der Waals surface area contributed by atoms with E-state index in [1.54, 1.807) is 11.3 Å². The highest BCUT2D eigenvalue weighted by Crippen LogP contribution is 2.29. The van der Waals surface area contributed by atoms with Gasteiger partial charge in [0.1, 0.15) is 0 Å². The molecule has 2 aromatic carbocycles. The van der Waals surface area contributed by atoms with Gasteiger partial charge in [-0.25, -0.2) is 0 Å². The maximum atomic E-state index is 3.54. The van der Waals surface area contributed by atoms with Crippen molar-refractivity contribution < 1.29 is 0 Å². The normalized spacial score (nSPS) is 14.6. The van der Waals surface area contributed by atoms with Gasteiger partial charge in [0.05, 0.1) is 0 Å². The second-order valence-electron chi connectivity index (χ2n) is 6.01. The summed E-state index contributed by atoms with van der Waals surface area (Å²) in [5.74, 6) is 1.11. The molecule has 0 atom stereocenters. The van der Waals surface area contributed by atoms with Gasteiger partial charge < -0.3 is 9.88 Å². The molecule has 23 heavy (non-hydrogen) atoms. The Balaban J connectivity index is 1.62. The topological polar surface area (TPSA) is 17.0 Å². The summed E-state index contributed by atoms with van der Waals surface area (Å²) in [4.78, 5) is 1.36. The molecule has 118 valence electrons. The Bertz CT molecular complexity index is 792. The Morgan fingerprint density at radius 2 is 1.70 bits per heavy atom. The lowest BCUT2D eigenvalue weighted by Crippen LogP contribution is -2.17. The first kappa shape index (κ1) is 14.9. The quantitative estimate of drug-likeness (QED) is 0.728. The van der Waals surface area contributed by atoms with Crippen LogP contribution < -0.4 is 5.32 Å². The molecule has 2 nitrogen and oxygen atoms in total. The molecular formula is C20H22N2S. The molecule has 3 heteroatoms. The van der Waals surface area contributed by atoms with Crippen LogP contribution in [0.5, 0.6) is 0 Å². The predicted molar refractivity (Wildman–Crippen MR) is 99.4 cm³/mol. The predicted octanol–water partition coefficient (Wildman–Crippen LogP) is 4.12. The van der Waals surface area contributed by atoms with E-state index in [2.05, 4.69) is 64.5 Å². The Labute approximate surface area is 141 Å². The highest BCUT2D eigenvalue weighted by molar-refractivity contribution is 7.99. The molecule has 2 heterocycles. The first-order chi connectivity index (χ1) is 11.4. The van der Waals surface area contributed by atoms with Gasteiger partial charge in [-0.3, -0.25) is 0 Å². The minimum atomic E-state index is 1.08. The molecule has 0 saturated carbocycles. The van der Waals surface area contributed by atoms with Gasteiger partial charge in [0.2, 0.25) is 0 Å². The fourth-order valence-electron chi connectivity index (χ4n) is 3.56. The van der Waals surface area contributed by atoms with E-state index < -0.39 is 0 Å². The van der Waals surface area contributed by atoms with Crippen molar-refractivity contribution in [1.82, 2.24) is 9.88 Å². The van der Waals surface area contributed by atoms with Gasteiger partial charge >= 0.3 is 0 Å². The molecule has 1 N–H and O–H groups in total. The highest BCUT2D eigenvalue weighted by atomic mass is 32.2. The monoisotopic (exact) mass is 322 g/mol. The smallest absolute Gasteiger partial charge is 0.0485 e. The summed E-state index contributed by atoms with van der Waals surface area (Å²) in [7, 11) is 0. The van der Waals surface area contributed by atoms with Crippen LogP contribution in [0.3, 0.4) is 0 Å². The highest BCUT2D eigenvalue weighted by Gasteiger charge is 2.18. The van der Waals surface area contributed by atoms with Crippen LogP contribution in [-0.2, 0) is 19.4 Å². The average molecular weight is 322 g/mol. The van der Waals surface area contributed by atoms with Crippen LogP contribution in [0.25, 0.3) is 10.9 Å². The largest absolute Gasteiger partial charge is 0.343 e. The maximum absolute atomic E-state index is 3.54. The number of hydrogen-bond acceptors (Lipinski definition) is 2. The van der Waals surface area contributed by atoms with Gasteiger partial charge in [-0.05, 0) is 36.7 Å². The van der Waals surface area contributed by atoms with Crippen molar-refractivity contribution in [1.29, 1.82) is 0 Å². The Morgan fingerprint density at radius 1 is 0.913 bits per heavy atom. The number of nitrogens with zero attached hydrogens (tertiary/aromatic N) is 1. The molecule has 3 aromatic rings. The first-order valence-corrected chi connectivity index (χ1v) is 9.39. The summed E-state index contributed by atoms with van der Waals surface area (Å²) in [5, 5.41) is 4.99. The molecular weight excluding hydrogens is 300 g/mol. The number of hydrogen-bond donors (Lipinski definition) is 1. The third kappa shape index (κ3) is 3.04. The molecule has 0 amide bonds. The van der Waals surface area contributed by atoms with E-state index in [9.17, 15) is 0 Å². The Kier molecular flexibility index (Phi) is 4.40. The number of fused-ring (bicyclic) bond motifs is 3. The van der Waals surface area contributed by atoms with Crippen molar-refractivity contribution in [3.05, 3.63) is 65.9 Å². The molecule has 0 fully saturated rings. The van der Waals surface area contributed by atoms with Crippen LogP contribution in [0.15, 0.2) is 59.5 Å². The number of aryl methyl sites for hydroxylation is 1. The van der Waals surface area contributed by atoms with Crippen LogP contribution in [0.1, 0.15) is 11.3 Å². The fraction of sp³-hybridized carbons (Fsp3) is 0.300. The van der Waals surface area contributed by atoms with Crippen molar-refractivity contribution in [2.24, 2.45) is 0 Å². The van der Waals surface area contributed by atoms with Gasteiger partial charge in [0.25, 0.3) is 0 Å². The maximum Gasteiger partial charge on any atom is 0.0485 e. The number of thioether (sulfide) groups is 1. The second-order valence-corrected chi connectivity index (χ2v) is 7.17. The molecule has 0 saturated heterocycles. The molecule has 0 spiro atoms. The number of aromatic nitrogens is 1. The number of nitrogens with one attached hydrogen (secondary N) is 1. The summed E-state index contributed by atoms with van der Waals surface area (Å²) in [6, 6.07) is 19.6. The molecule has 0 unspecified atom stereocenters. The molecule has 0 bridgehead atoms. The lowest BCUT2D eigenvalue weighted by atomic mass is 10.1. The summed E-state index contributed by atoms with van der Waals surface area (Å²) in [6.45, 7) is 3.27. The minimum absolute atomic E-state index is 1.08. The third-order valence-electron chi connectivity index (χ3n) is 4.61. The van der Waals surface area contributed by atoms with Crippen LogP contribution in [0.2, 0.25) is 0 Å². The molecule has 1 aliphatic rings. The van der Waals surface area contributed by atoms with Gasteiger partial charge in [0, 0.05) is 46.8 Å². The van der Waals surface area contributed by atoms with E-state index >= 15 is 0 Å². The van der Waals surface area contributed by atoms with Gasteiger partial charge in [-0.2, -0.15) is 0 Å². The average Bonchev–Trinajstić information content (AvgIpc) is 2.76. The van der Waals surface area contributed by atoms with Crippen molar-refractivity contribution in [3.63, 3.8) is 0 Å². The molecule has 1 aliphatic heterocycles. The number of rotatable bonds is 4. The van der Waals surface area contributed by atoms with Crippen LogP contribution in [0.4, 0.5) is 0 Å². The van der Waals surface area contributed by atoms with Crippen molar-refractivity contribution in [3.8, 4) is 0 Å². The van der Waals surface area contributed by atoms with Gasteiger partial charge in [-0.1, -0.05) is 36.4 Å². The molecule has 0 radical (unpaired) electrons.